The van der Waals surface area contributed by atoms with E-state index >= 15 is 0 Å². The number of amides is 1. The number of carbonyl (C=O) groups is 1. The molecular weight excluding hydrogens is 306 g/mol. The van der Waals surface area contributed by atoms with Gasteiger partial charge in [-0.15, -0.1) is 0 Å². The second-order valence-corrected chi connectivity index (χ2v) is 5.15. The third-order valence-electron chi connectivity index (χ3n) is 3.45. The quantitative estimate of drug-likeness (QED) is 0.779. The molecule has 0 radical (unpaired) electrons. The van der Waals surface area contributed by atoms with E-state index in [0.717, 1.165) is 21.5 Å². The van der Waals surface area contributed by atoms with Crippen LogP contribution in [-0.2, 0) is 13.6 Å². The standard InChI is InChI=1S/C17H15N5O2/c1-22-16(23)3-2-14(21-22)17(24)20-11-12-4-9-19-15(10-12)13-5-7-18-8-6-13/h2-10H,11H2,1H3,(H,20,24). The fraction of sp³-hybridized carbons (Fsp3) is 0.118. The first kappa shape index (κ1) is 15.5. The van der Waals surface area contributed by atoms with E-state index in [0.29, 0.717) is 6.54 Å². The molecule has 7 nitrogen and oxygen atoms in total. The minimum atomic E-state index is -0.340. The van der Waals surface area contributed by atoms with Crippen LogP contribution in [0.3, 0.4) is 0 Å². The first-order chi connectivity index (χ1) is 11.6. The maximum Gasteiger partial charge on any atom is 0.271 e. The maximum absolute atomic E-state index is 12.1. The molecule has 3 rings (SSSR count). The smallest absolute Gasteiger partial charge is 0.271 e. The van der Waals surface area contributed by atoms with Crippen molar-refractivity contribution in [3.63, 3.8) is 0 Å². The number of nitrogens with zero attached hydrogens (tertiary/aromatic N) is 4. The number of aromatic nitrogens is 4. The summed E-state index contributed by atoms with van der Waals surface area (Å²) in [5.74, 6) is -0.340. The minimum absolute atomic E-state index is 0.195. The van der Waals surface area contributed by atoms with Crippen LogP contribution < -0.4 is 10.9 Å². The van der Waals surface area contributed by atoms with Gasteiger partial charge in [0.15, 0.2) is 0 Å². The van der Waals surface area contributed by atoms with E-state index in [2.05, 4.69) is 20.4 Å². The Kier molecular flexibility index (Phi) is 4.42. The fourth-order valence-corrected chi connectivity index (χ4v) is 2.16. The highest BCUT2D eigenvalue weighted by molar-refractivity contribution is 5.91. The van der Waals surface area contributed by atoms with E-state index in [4.69, 9.17) is 0 Å². The Bertz CT molecular complexity index is 922. The van der Waals surface area contributed by atoms with Crippen molar-refractivity contribution in [1.82, 2.24) is 25.1 Å². The monoisotopic (exact) mass is 321 g/mol. The van der Waals surface area contributed by atoms with E-state index in [-0.39, 0.29) is 17.2 Å². The molecule has 3 aromatic heterocycles. The Balaban J connectivity index is 1.71. The molecule has 0 atom stereocenters. The van der Waals surface area contributed by atoms with Crippen molar-refractivity contribution in [2.75, 3.05) is 0 Å². The summed E-state index contributed by atoms with van der Waals surface area (Å²) in [5, 5.41) is 6.71. The summed E-state index contributed by atoms with van der Waals surface area (Å²) in [7, 11) is 1.50. The summed E-state index contributed by atoms with van der Waals surface area (Å²) in [6.45, 7) is 0.337. The highest BCUT2D eigenvalue weighted by atomic mass is 16.2. The molecule has 0 spiro atoms. The molecule has 3 heterocycles. The summed E-state index contributed by atoms with van der Waals surface area (Å²) in [5.41, 5.74) is 2.61. The first-order valence-electron chi connectivity index (χ1n) is 7.31. The van der Waals surface area contributed by atoms with E-state index < -0.39 is 0 Å². The summed E-state index contributed by atoms with van der Waals surface area (Å²) in [4.78, 5) is 31.7. The molecule has 0 bridgehead atoms. The SMILES string of the molecule is Cn1nc(C(=O)NCc2ccnc(-c3ccncc3)c2)ccc1=O. The lowest BCUT2D eigenvalue weighted by molar-refractivity contribution is 0.0943. The van der Waals surface area contributed by atoms with Gasteiger partial charge in [0.25, 0.3) is 11.5 Å². The van der Waals surface area contributed by atoms with Crippen LogP contribution in [0.2, 0.25) is 0 Å². The molecule has 0 fully saturated rings. The Morgan fingerprint density at radius 1 is 1.12 bits per heavy atom. The van der Waals surface area contributed by atoms with Gasteiger partial charge in [-0.3, -0.25) is 19.6 Å². The van der Waals surface area contributed by atoms with Crippen LogP contribution in [0.15, 0.2) is 59.8 Å². The van der Waals surface area contributed by atoms with Crippen molar-refractivity contribution < 1.29 is 4.79 Å². The molecule has 120 valence electrons. The van der Waals surface area contributed by atoms with Crippen LogP contribution in [0, 0.1) is 0 Å². The zero-order chi connectivity index (χ0) is 16.9. The van der Waals surface area contributed by atoms with Crippen molar-refractivity contribution in [1.29, 1.82) is 0 Å². The van der Waals surface area contributed by atoms with Gasteiger partial charge in [0.05, 0.1) is 5.69 Å². The van der Waals surface area contributed by atoms with Gasteiger partial charge in [-0.05, 0) is 35.9 Å². The zero-order valence-electron chi connectivity index (χ0n) is 13.0. The number of hydrogen-bond acceptors (Lipinski definition) is 5. The van der Waals surface area contributed by atoms with Gasteiger partial charge >= 0.3 is 0 Å². The molecule has 0 aliphatic rings. The number of hydrogen-bond donors (Lipinski definition) is 1. The van der Waals surface area contributed by atoms with E-state index in [1.165, 1.54) is 19.2 Å². The third-order valence-corrected chi connectivity index (χ3v) is 3.45. The second-order valence-electron chi connectivity index (χ2n) is 5.15. The van der Waals surface area contributed by atoms with Crippen molar-refractivity contribution in [2.24, 2.45) is 7.05 Å². The number of carbonyl (C=O) groups excluding carboxylic acids is 1. The predicted molar refractivity (Wildman–Crippen MR) is 88.1 cm³/mol. The topological polar surface area (TPSA) is 89.8 Å². The molecule has 0 aliphatic heterocycles. The molecule has 24 heavy (non-hydrogen) atoms. The van der Waals surface area contributed by atoms with Gasteiger partial charge in [-0.25, -0.2) is 4.68 Å². The first-order valence-corrected chi connectivity index (χ1v) is 7.31. The molecule has 1 N–H and O–H groups in total. The molecule has 0 aromatic carbocycles. The van der Waals surface area contributed by atoms with Crippen molar-refractivity contribution in [3.8, 4) is 11.3 Å². The van der Waals surface area contributed by atoms with E-state index in [1.54, 1.807) is 18.6 Å². The Labute approximate surface area is 138 Å². The van der Waals surface area contributed by atoms with Crippen molar-refractivity contribution >= 4 is 5.91 Å². The van der Waals surface area contributed by atoms with Gasteiger partial charge in [-0.2, -0.15) is 5.10 Å². The number of pyridine rings is 2. The maximum atomic E-state index is 12.1. The molecule has 0 saturated heterocycles. The third kappa shape index (κ3) is 3.52. The van der Waals surface area contributed by atoms with Crippen LogP contribution in [0.4, 0.5) is 0 Å². The average molecular weight is 321 g/mol. The number of nitrogens with one attached hydrogen (secondary N) is 1. The average Bonchev–Trinajstić information content (AvgIpc) is 2.63. The summed E-state index contributed by atoms with van der Waals surface area (Å²) < 4.78 is 1.13. The van der Waals surface area contributed by atoms with E-state index in [9.17, 15) is 9.59 Å². The van der Waals surface area contributed by atoms with Crippen LogP contribution >= 0.6 is 0 Å². The Hall–Kier alpha value is -3.35. The highest BCUT2D eigenvalue weighted by Crippen LogP contribution is 2.16. The largest absolute Gasteiger partial charge is 0.347 e. The molecule has 0 saturated carbocycles. The summed E-state index contributed by atoms with van der Waals surface area (Å²) in [6.07, 6.45) is 5.11. The Morgan fingerprint density at radius 3 is 2.67 bits per heavy atom. The minimum Gasteiger partial charge on any atom is -0.347 e. The molecule has 0 aliphatic carbocycles. The second kappa shape index (κ2) is 6.82. The molecule has 3 aromatic rings. The van der Waals surface area contributed by atoms with Crippen LogP contribution in [0.25, 0.3) is 11.3 Å². The summed E-state index contributed by atoms with van der Waals surface area (Å²) in [6, 6.07) is 10.2. The van der Waals surface area contributed by atoms with Crippen LogP contribution in [-0.4, -0.2) is 25.7 Å². The summed E-state index contributed by atoms with van der Waals surface area (Å²) >= 11 is 0. The van der Waals surface area contributed by atoms with Gasteiger partial charge in [-0.1, -0.05) is 0 Å². The Morgan fingerprint density at radius 2 is 1.92 bits per heavy atom. The van der Waals surface area contributed by atoms with Crippen LogP contribution in [0.1, 0.15) is 16.1 Å². The predicted octanol–water partition coefficient (Wildman–Crippen LogP) is 1.17. The lowest BCUT2D eigenvalue weighted by Gasteiger charge is -2.07. The highest BCUT2D eigenvalue weighted by Gasteiger charge is 2.08. The fourth-order valence-electron chi connectivity index (χ4n) is 2.16. The van der Waals surface area contributed by atoms with Crippen molar-refractivity contribution in [3.05, 3.63) is 76.6 Å². The van der Waals surface area contributed by atoms with Crippen LogP contribution in [0.5, 0.6) is 0 Å². The zero-order valence-corrected chi connectivity index (χ0v) is 13.0. The molecule has 0 unspecified atom stereocenters. The molecule has 1 amide bonds. The molecule has 7 heteroatoms. The van der Waals surface area contributed by atoms with Crippen molar-refractivity contribution in [2.45, 2.75) is 6.54 Å². The lowest BCUT2D eigenvalue weighted by Crippen LogP contribution is -2.28. The van der Waals surface area contributed by atoms with E-state index in [1.807, 2.05) is 24.3 Å². The molecular formula is C17H15N5O2. The normalized spacial score (nSPS) is 10.4. The van der Waals surface area contributed by atoms with Gasteiger partial charge in [0, 0.05) is 43.8 Å². The van der Waals surface area contributed by atoms with Gasteiger partial charge < -0.3 is 5.32 Å². The number of rotatable bonds is 4. The van der Waals surface area contributed by atoms with Gasteiger partial charge in [0.1, 0.15) is 5.69 Å². The van der Waals surface area contributed by atoms with Gasteiger partial charge in [0.2, 0.25) is 0 Å². The number of aryl methyl sites for hydroxylation is 1. The lowest BCUT2D eigenvalue weighted by atomic mass is 10.1.